The van der Waals surface area contributed by atoms with Crippen molar-refractivity contribution in [1.29, 1.82) is 0 Å². The quantitative estimate of drug-likeness (QED) is 0.639. The summed E-state index contributed by atoms with van der Waals surface area (Å²) in [5.74, 6) is 0.728. The van der Waals surface area contributed by atoms with Gasteiger partial charge >= 0.3 is 5.97 Å². The normalized spacial score (nSPS) is 17.8. The van der Waals surface area contributed by atoms with Gasteiger partial charge in [-0.2, -0.15) is 0 Å². The van der Waals surface area contributed by atoms with Crippen LogP contribution in [0.4, 0.5) is 5.69 Å². The van der Waals surface area contributed by atoms with Gasteiger partial charge in [-0.25, -0.2) is 0 Å². The number of benzene rings is 1. The summed E-state index contributed by atoms with van der Waals surface area (Å²) in [6, 6.07) is 5.68. The van der Waals surface area contributed by atoms with E-state index in [9.17, 15) is 9.59 Å². The minimum atomic E-state index is -0.118. The first-order valence-corrected chi connectivity index (χ1v) is 8.96. The van der Waals surface area contributed by atoms with Gasteiger partial charge in [0.1, 0.15) is 11.9 Å². The summed E-state index contributed by atoms with van der Waals surface area (Å²) >= 11 is 0. The monoisotopic (exact) mass is 331 g/mol. The fraction of sp³-hybridized carbons (Fsp3) is 0.579. The zero-order valence-corrected chi connectivity index (χ0v) is 14.0. The third kappa shape index (κ3) is 4.49. The summed E-state index contributed by atoms with van der Waals surface area (Å²) in [5, 5.41) is 2.86. The third-order valence-corrected chi connectivity index (χ3v) is 4.64. The maximum atomic E-state index is 11.9. The van der Waals surface area contributed by atoms with E-state index in [1.54, 1.807) is 0 Å². The molecule has 24 heavy (non-hydrogen) atoms. The van der Waals surface area contributed by atoms with Gasteiger partial charge < -0.3 is 14.8 Å². The van der Waals surface area contributed by atoms with Crippen LogP contribution < -0.4 is 10.1 Å². The van der Waals surface area contributed by atoms with Crippen LogP contribution in [0, 0.1) is 0 Å². The number of rotatable bonds is 6. The van der Waals surface area contributed by atoms with Crippen LogP contribution >= 0.6 is 0 Å². The number of nitrogens with one attached hydrogen (secondary N) is 1. The minimum absolute atomic E-state index is 0.0464. The molecule has 0 bridgehead atoms. The van der Waals surface area contributed by atoms with Crippen LogP contribution in [-0.2, 0) is 20.7 Å². The Labute approximate surface area is 142 Å². The molecule has 1 fully saturated rings. The third-order valence-electron chi connectivity index (χ3n) is 4.64. The predicted molar refractivity (Wildman–Crippen MR) is 91.1 cm³/mol. The maximum Gasteiger partial charge on any atom is 0.306 e. The first-order valence-electron chi connectivity index (χ1n) is 8.96. The van der Waals surface area contributed by atoms with Crippen LogP contribution in [0.1, 0.15) is 56.9 Å². The highest BCUT2D eigenvalue weighted by Crippen LogP contribution is 2.31. The molecule has 0 radical (unpaired) electrons. The van der Waals surface area contributed by atoms with E-state index in [1.165, 1.54) is 6.42 Å². The second-order valence-corrected chi connectivity index (χ2v) is 6.53. The summed E-state index contributed by atoms with van der Waals surface area (Å²) in [5.41, 5.74) is 1.88. The van der Waals surface area contributed by atoms with Crippen molar-refractivity contribution >= 4 is 17.6 Å². The Morgan fingerprint density at radius 2 is 2.00 bits per heavy atom. The van der Waals surface area contributed by atoms with Gasteiger partial charge in [0, 0.05) is 24.1 Å². The Bertz CT molecular complexity index is 593. The number of esters is 1. The van der Waals surface area contributed by atoms with Crippen LogP contribution in [-0.4, -0.2) is 24.6 Å². The first kappa shape index (κ1) is 16.8. The largest absolute Gasteiger partial charge is 0.493 e. The minimum Gasteiger partial charge on any atom is -0.493 e. The molecule has 1 aliphatic heterocycles. The van der Waals surface area contributed by atoms with E-state index in [0.29, 0.717) is 32.3 Å². The molecule has 1 N–H and O–H groups in total. The smallest absolute Gasteiger partial charge is 0.306 e. The molecule has 130 valence electrons. The molecule has 0 saturated heterocycles. The van der Waals surface area contributed by atoms with E-state index >= 15 is 0 Å². The molecule has 5 heteroatoms. The average Bonchev–Trinajstić information content (AvgIpc) is 2.59. The van der Waals surface area contributed by atoms with Crippen molar-refractivity contribution in [3.05, 3.63) is 23.8 Å². The molecule has 1 heterocycles. The van der Waals surface area contributed by atoms with Crippen molar-refractivity contribution in [2.45, 2.75) is 63.9 Å². The number of fused-ring (bicyclic) bond motifs is 1. The number of anilines is 1. The lowest BCUT2D eigenvalue weighted by molar-refractivity contribution is -0.150. The highest BCUT2D eigenvalue weighted by molar-refractivity contribution is 5.94. The molecule has 3 rings (SSSR count). The van der Waals surface area contributed by atoms with Crippen molar-refractivity contribution in [3.8, 4) is 5.75 Å². The number of carbonyl (C=O) groups excluding carboxylic acids is 2. The van der Waals surface area contributed by atoms with Crippen molar-refractivity contribution in [2.75, 3.05) is 11.9 Å². The molecule has 2 aliphatic rings. The molecule has 1 amide bonds. The van der Waals surface area contributed by atoms with Crippen LogP contribution in [0.2, 0.25) is 0 Å². The van der Waals surface area contributed by atoms with E-state index in [2.05, 4.69) is 5.32 Å². The van der Waals surface area contributed by atoms with Gasteiger partial charge in [-0.1, -0.05) is 12.5 Å². The van der Waals surface area contributed by atoms with Gasteiger partial charge in [0.2, 0.25) is 5.91 Å². The van der Waals surface area contributed by atoms with Gasteiger partial charge in [-0.3, -0.25) is 9.59 Å². The van der Waals surface area contributed by atoms with E-state index in [-0.39, 0.29) is 18.0 Å². The van der Waals surface area contributed by atoms with Crippen LogP contribution in [0.5, 0.6) is 5.75 Å². The first-order chi connectivity index (χ1) is 11.7. The lowest BCUT2D eigenvalue weighted by atomic mass is 9.98. The lowest BCUT2D eigenvalue weighted by Gasteiger charge is -2.22. The summed E-state index contributed by atoms with van der Waals surface area (Å²) in [6.45, 7) is 0.476. The fourth-order valence-corrected chi connectivity index (χ4v) is 3.35. The highest BCUT2D eigenvalue weighted by Gasteiger charge is 2.19. The standard InChI is InChI=1S/C19H25NO4/c21-18-12-11-15-16(20-18)8-4-9-17(15)23-13-5-10-19(22)24-14-6-2-1-3-7-14/h4,8-9,14H,1-3,5-7,10-13H2,(H,20,21). The van der Waals surface area contributed by atoms with E-state index in [0.717, 1.165) is 42.7 Å². The van der Waals surface area contributed by atoms with Gasteiger partial charge in [0.05, 0.1) is 6.61 Å². The van der Waals surface area contributed by atoms with Crippen LogP contribution in [0.3, 0.4) is 0 Å². The molecule has 0 aromatic heterocycles. The highest BCUT2D eigenvalue weighted by atomic mass is 16.5. The molecule has 1 saturated carbocycles. The zero-order valence-electron chi connectivity index (χ0n) is 14.0. The van der Waals surface area contributed by atoms with E-state index < -0.39 is 0 Å². The molecular formula is C19H25NO4. The average molecular weight is 331 g/mol. The van der Waals surface area contributed by atoms with Gasteiger partial charge in [0.15, 0.2) is 0 Å². The number of amides is 1. The summed E-state index contributed by atoms with van der Waals surface area (Å²) in [4.78, 5) is 23.3. The summed E-state index contributed by atoms with van der Waals surface area (Å²) in [7, 11) is 0. The SMILES string of the molecule is O=C1CCc2c(cccc2OCCCC(=O)OC2CCCCC2)N1. The van der Waals surface area contributed by atoms with Gasteiger partial charge in [0.25, 0.3) is 0 Å². The Balaban J connectivity index is 1.41. The zero-order chi connectivity index (χ0) is 16.8. The molecule has 0 spiro atoms. The second kappa shape index (κ2) is 8.18. The molecular weight excluding hydrogens is 306 g/mol. The van der Waals surface area contributed by atoms with Crippen molar-refractivity contribution in [2.24, 2.45) is 0 Å². The molecule has 1 aromatic carbocycles. The van der Waals surface area contributed by atoms with Gasteiger partial charge in [-0.05, 0) is 50.7 Å². The van der Waals surface area contributed by atoms with Crippen LogP contribution in [0.15, 0.2) is 18.2 Å². The molecule has 0 unspecified atom stereocenters. The van der Waals surface area contributed by atoms with E-state index in [1.807, 2.05) is 18.2 Å². The Kier molecular flexibility index (Phi) is 5.72. The molecule has 0 atom stereocenters. The van der Waals surface area contributed by atoms with Crippen molar-refractivity contribution in [1.82, 2.24) is 0 Å². The molecule has 5 nitrogen and oxygen atoms in total. The number of carbonyl (C=O) groups is 2. The summed E-state index contributed by atoms with van der Waals surface area (Å²) in [6.07, 6.45) is 7.93. The van der Waals surface area contributed by atoms with Crippen molar-refractivity contribution in [3.63, 3.8) is 0 Å². The molecule has 1 aliphatic carbocycles. The Morgan fingerprint density at radius 1 is 1.17 bits per heavy atom. The predicted octanol–water partition coefficient (Wildman–Crippen LogP) is 3.61. The van der Waals surface area contributed by atoms with Crippen LogP contribution in [0.25, 0.3) is 0 Å². The maximum absolute atomic E-state index is 11.9. The fourth-order valence-electron chi connectivity index (χ4n) is 3.35. The lowest BCUT2D eigenvalue weighted by Crippen LogP contribution is -2.21. The number of hydrogen-bond donors (Lipinski definition) is 1. The Hall–Kier alpha value is -2.04. The number of hydrogen-bond acceptors (Lipinski definition) is 4. The second-order valence-electron chi connectivity index (χ2n) is 6.53. The van der Waals surface area contributed by atoms with Crippen molar-refractivity contribution < 1.29 is 19.1 Å². The van der Waals surface area contributed by atoms with Gasteiger partial charge in [-0.15, -0.1) is 0 Å². The topological polar surface area (TPSA) is 64.6 Å². The van der Waals surface area contributed by atoms with E-state index in [4.69, 9.17) is 9.47 Å². The number of ether oxygens (including phenoxy) is 2. The molecule has 1 aromatic rings. The summed E-state index contributed by atoms with van der Waals surface area (Å²) < 4.78 is 11.3. The Morgan fingerprint density at radius 3 is 2.83 bits per heavy atom.